The van der Waals surface area contributed by atoms with Gasteiger partial charge in [-0.15, -0.1) is 0 Å². The van der Waals surface area contributed by atoms with E-state index in [0.29, 0.717) is 19.3 Å². The predicted molar refractivity (Wildman–Crippen MR) is 183 cm³/mol. The second kappa shape index (κ2) is 25.5. The molecule has 0 bridgehead atoms. The number of amides is 1. The van der Waals surface area contributed by atoms with Crippen LogP contribution in [0, 0.1) is 0 Å². The van der Waals surface area contributed by atoms with E-state index in [-0.39, 0.29) is 6.42 Å². The zero-order valence-corrected chi connectivity index (χ0v) is 29.5. The monoisotopic (exact) mass is 707 g/mol. The lowest BCUT2D eigenvalue weighted by Crippen LogP contribution is -2.64. The fourth-order valence-electron chi connectivity index (χ4n) is 5.28. The van der Waals surface area contributed by atoms with Crippen molar-refractivity contribution in [2.45, 2.75) is 165 Å². The maximum Gasteiger partial charge on any atom is 0.472 e. The van der Waals surface area contributed by atoms with Crippen LogP contribution in [0.15, 0.2) is 36.5 Å². The Morgan fingerprint density at radius 1 is 0.750 bits per heavy atom. The molecule has 14 heteroatoms. The third kappa shape index (κ3) is 18.5. The molecule has 48 heavy (non-hydrogen) atoms. The van der Waals surface area contributed by atoms with Gasteiger partial charge in [-0.3, -0.25) is 13.8 Å². The molecule has 0 aromatic carbocycles. The highest BCUT2D eigenvalue weighted by atomic mass is 31.2. The number of aliphatic hydroxyl groups excluding tert-OH is 7. The van der Waals surface area contributed by atoms with Gasteiger partial charge in [-0.1, -0.05) is 102 Å². The number of aliphatic hydroxyl groups is 7. The molecule has 0 aromatic heterocycles. The summed E-state index contributed by atoms with van der Waals surface area (Å²) in [5.41, 5.74) is 0. The Balaban J connectivity index is 2.76. The van der Waals surface area contributed by atoms with E-state index in [2.05, 4.69) is 37.4 Å². The smallest absolute Gasteiger partial charge is 0.393 e. The molecule has 9 N–H and O–H groups in total. The molecule has 0 radical (unpaired) electrons. The van der Waals surface area contributed by atoms with Gasteiger partial charge in [0.15, 0.2) is 0 Å². The SMILES string of the molecule is CC/C=C/CC/C=C/CC/C=C/C(O)C(COP(=O)(O)OC1C(O)C(O)C(O)C(O)C1O)NC(=O)CC(O)CCCCCCCCCC. The van der Waals surface area contributed by atoms with Crippen LogP contribution >= 0.6 is 7.82 Å². The number of carbonyl (C=O) groups excluding carboxylic acids is 1. The number of carbonyl (C=O) groups is 1. The number of allylic oxidation sites excluding steroid dienone is 5. The number of hydrogen-bond donors (Lipinski definition) is 9. The first-order valence-electron chi connectivity index (χ1n) is 17.5. The fraction of sp³-hybridized carbons (Fsp3) is 0.794. The topological polar surface area (TPSA) is 226 Å². The van der Waals surface area contributed by atoms with Crippen molar-refractivity contribution < 1.29 is 59.0 Å². The van der Waals surface area contributed by atoms with Gasteiger partial charge >= 0.3 is 7.82 Å². The fourth-order valence-corrected chi connectivity index (χ4v) is 6.24. The second-order valence-electron chi connectivity index (χ2n) is 12.5. The minimum Gasteiger partial charge on any atom is -0.393 e. The highest BCUT2D eigenvalue weighted by Crippen LogP contribution is 2.47. The van der Waals surface area contributed by atoms with Crippen molar-refractivity contribution in [1.82, 2.24) is 5.32 Å². The molecule has 0 aliphatic heterocycles. The summed E-state index contributed by atoms with van der Waals surface area (Å²) in [7, 11) is -5.13. The third-order valence-corrected chi connectivity index (χ3v) is 9.20. The van der Waals surface area contributed by atoms with Gasteiger partial charge in [-0.05, 0) is 38.5 Å². The molecular weight excluding hydrogens is 645 g/mol. The van der Waals surface area contributed by atoms with Crippen LogP contribution in [0.25, 0.3) is 0 Å². The Morgan fingerprint density at radius 2 is 1.25 bits per heavy atom. The van der Waals surface area contributed by atoms with Gasteiger partial charge < -0.3 is 46.0 Å². The quantitative estimate of drug-likeness (QED) is 0.0359. The summed E-state index contributed by atoms with van der Waals surface area (Å²) < 4.78 is 22.6. The van der Waals surface area contributed by atoms with Crippen LogP contribution in [-0.4, -0.2) is 108 Å². The third-order valence-electron chi connectivity index (χ3n) is 8.22. The Hall–Kier alpha value is -1.48. The van der Waals surface area contributed by atoms with Gasteiger partial charge in [0.2, 0.25) is 5.91 Å². The molecule has 0 heterocycles. The number of hydrogen-bond acceptors (Lipinski definition) is 11. The Morgan fingerprint density at radius 3 is 1.81 bits per heavy atom. The van der Waals surface area contributed by atoms with Crippen molar-refractivity contribution in [3.63, 3.8) is 0 Å². The van der Waals surface area contributed by atoms with Gasteiger partial charge in [-0.25, -0.2) is 4.57 Å². The first-order valence-corrected chi connectivity index (χ1v) is 19.0. The molecule has 13 nitrogen and oxygen atoms in total. The molecule has 0 spiro atoms. The molecule has 1 aliphatic carbocycles. The normalized spacial score (nSPS) is 26.6. The van der Waals surface area contributed by atoms with Gasteiger partial charge in [0.25, 0.3) is 0 Å². The van der Waals surface area contributed by atoms with Crippen LogP contribution in [-0.2, 0) is 18.4 Å². The van der Waals surface area contributed by atoms with Crippen molar-refractivity contribution >= 4 is 13.7 Å². The summed E-state index contributed by atoms with van der Waals surface area (Å²) in [4.78, 5) is 23.1. The van der Waals surface area contributed by atoms with Crippen LogP contribution in [0.2, 0.25) is 0 Å². The zero-order chi connectivity index (χ0) is 36.0. The zero-order valence-electron chi connectivity index (χ0n) is 28.6. The predicted octanol–water partition coefficient (Wildman–Crippen LogP) is 3.07. The average Bonchev–Trinajstić information content (AvgIpc) is 3.05. The average molecular weight is 708 g/mol. The van der Waals surface area contributed by atoms with Gasteiger partial charge in [0.05, 0.1) is 31.3 Å². The second-order valence-corrected chi connectivity index (χ2v) is 13.9. The van der Waals surface area contributed by atoms with E-state index in [1.165, 1.54) is 31.8 Å². The lowest BCUT2D eigenvalue weighted by atomic mass is 9.85. The van der Waals surface area contributed by atoms with Crippen LogP contribution in [0.5, 0.6) is 0 Å². The van der Waals surface area contributed by atoms with Crippen LogP contribution in [0.4, 0.5) is 0 Å². The van der Waals surface area contributed by atoms with E-state index < -0.39 is 75.2 Å². The molecule has 1 aliphatic rings. The Kier molecular flexibility index (Phi) is 23.6. The highest BCUT2D eigenvalue weighted by Gasteiger charge is 2.51. The van der Waals surface area contributed by atoms with Gasteiger partial charge in [0, 0.05) is 0 Å². The van der Waals surface area contributed by atoms with Gasteiger partial charge in [0.1, 0.15) is 36.6 Å². The molecule has 1 amide bonds. The van der Waals surface area contributed by atoms with Gasteiger partial charge in [-0.2, -0.15) is 0 Å². The molecule has 1 saturated carbocycles. The van der Waals surface area contributed by atoms with E-state index in [0.717, 1.165) is 44.9 Å². The molecule has 1 rings (SSSR count). The maximum absolute atomic E-state index is 12.8. The lowest BCUT2D eigenvalue weighted by Gasteiger charge is -2.41. The number of phosphoric acid groups is 1. The number of unbranched alkanes of at least 4 members (excludes halogenated alkanes) is 9. The number of nitrogens with one attached hydrogen (secondary N) is 1. The van der Waals surface area contributed by atoms with E-state index in [1.807, 2.05) is 6.08 Å². The van der Waals surface area contributed by atoms with Crippen LogP contribution in [0.3, 0.4) is 0 Å². The number of rotatable bonds is 26. The van der Waals surface area contributed by atoms with Crippen molar-refractivity contribution in [3.05, 3.63) is 36.5 Å². The van der Waals surface area contributed by atoms with E-state index in [1.54, 1.807) is 6.08 Å². The molecule has 0 saturated heterocycles. The first-order chi connectivity index (χ1) is 22.8. The maximum atomic E-state index is 12.8. The summed E-state index contributed by atoms with van der Waals surface area (Å²) in [6.45, 7) is 3.49. The Labute approximate surface area is 286 Å². The largest absolute Gasteiger partial charge is 0.472 e. The summed E-state index contributed by atoms with van der Waals surface area (Å²) in [5, 5.41) is 73.6. The number of phosphoric ester groups is 1. The summed E-state index contributed by atoms with van der Waals surface area (Å²) in [6.07, 6.45) is 10.2. The van der Waals surface area contributed by atoms with Crippen molar-refractivity contribution in [2.75, 3.05) is 6.61 Å². The Bertz CT molecular complexity index is 979. The lowest BCUT2D eigenvalue weighted by molar-refractivity contribution is -0.220. The summed E-state index contributed by atoms with van der Waals surface area (Å²) in [6, 6.07) is -1.26. The molecule has 8 atom stereocenters. The van der Waals surface area contributed by atoms with Crippen LogP contribution < -0.4 is 5.32 Å². The van der Waals surface area contributed by atoms with E-state index >= 15 is 0 Å². The van der Waals surface area contributed by atoms with Crippen molar-refractivity contribution in [3.8, 4) is 0 Å². The summed E-state index contributed by atoms with van der Waals surface area (Å²) in [5.74, 6) is -0.616. The van der Waals surface area contributed by atoms with E-state index in [4.69, 9.17) is 9.05 Å². The minimum absolute atomic E-state index is 0.256. The molecular formula is C34H62NO12P. The van der Waals surface area contributed by atoms with Crippen LogP contribution in [0.1, 0.15) is 110 Å². The molecule has 1 fully saturated rings. The molecule has 280 valence electrons. The minimum atomic E-state index is -5.13. The summed E-state index contributed by atoms with van der Waals surface area (Å²) >= 11 is 0. The first kappa shape index (κ1) is 44.5. The van der Waals surface area contributed by atoms with Crippen molar-refractivity contribution in [2.24, 2.45) is 0 Å². The molecule has 0 aromatic rings. The molecule has 8 unspecified atom stereocenters. The van der Waals surface area contributed by atoms with Crippen molar-refractivity contribution in [1.29, 1.82) is 0 Å². The standard InChI is InChI=1S/C34H62NO12P/c1-3-5-7-9-11-13-14-16-18-20-22-27(37)26(35-28(38)23-25(36)21-19-17-15-12-10-8-6-4-2)24-46-48(44,45)47-34-32(42)30(40)29(39)31(41)33(34)43/h5,7,13-14,20,22,25-27,29-34,36-37,39-43H,3-4,6,8-12,15-19,21,23-24H2,1-2H3,(H,35,38)(H,44,45)/b7-5+,14-13+,22-20+. The highest BCUT2D eigenvalue weighted by molar-refractivity contribution is 7.47. The van der Waals surface area contributed by atoms with E-state index in [9.17, 15) is 50.0 Å².